The van der Waals surface area contributed by atoms with Gasteiger partial charge in [-0.25, -0.2) is 47.9 Å². The summed E-state index contributed by atoms with van der Waals surface area (Å²) in [5.74, 6) is 0.616. The van der Waals surface area contributed by atoms with Crippen molar-refractivity contribution in [2.75, 3.05) is 62.6 Å². The van der Waals surface area contributed by atoms with Crippen LogP contribution in [-0.4, -0.2) is 151 Å². The average Bonchev–Trinajstić information content (AvgIpc) is 3.58. The molecule has 1 amide bonds. The summed E-state index contributed by atoms with van der Waals surface area (Å²) in [7, 11) is 1.35. The second-order valence-electron chi connectivity index (χ2n) is 19.8. The van der Waals surface area contributed by atoms with Crippen LogP contribution in [0, 0.1) is 0 Å². The second-order valence-corrected chi connectivity index (χ2v) is 25.4. The molecule has 0 unspecified atom stereocenters. The van der Waals surface area contributed by atoms with Crippen LogP contribution in [0.1, 0.15) is 43.3 Å². The number of para-hydroxylation sites is 1. The highest BCUT2D eigenvalue weighted by atomic mass is 32.7. The second kappa shape index (κ2) is 24.6. The molecule has 4 aliphatic heterocycles. The first-order valence-electron chi connectivity index (χ1n) is 26.8. The number of hydrogen-bond donors (Lipinski definition) is 2. The van der Waals surface area contributed by atoms with Gasteiger partial charge in [0.2, 0.25) is 13.5 Å². The van der Waals surface area contributed by atoms with Gasteiger partial charge in [-0.1, -0.05) is 66.7 Å². The van der Waals surface area contributed by atoms with E-state index in [1.165, 1.54) is 28.1 Å². The molecule has 3 saturated heterocycles. The lowest BCUT2D eigenvalue weighted by Gasteiger charge is -2.30. The van der Waals surface area contributed by atoms with Crippen LogP contribution in [0.2, 0.25) is 0 Å². The van der Waals surface area contributed by atoms with E-state index in [1.807, 2.05) is 65.0 Å². The number of halogens is 2. The van der Waals surface area contributed by atoms with E-state index < -0.39 is 76.7 Å². The molecule has 438 valence electrons. The van der Waals surface area contributed by atoms with Gasteiger partial charge in [0.15, 0.2) is 47.7 Å². The Morgan fingerprint density at radius 1 is 0.750 bits per heavy atom. The Hall–Kier alpha value is -6.82. The molecule has 4 aliphatic rings. The number of carbonyl (C=O) groups is 1. The highest BCUT2D eigenvalue weighted by Crippen LogP contribution is 2.65. The number of rotatable bonds is 17. The maximum Gasteiger partial charge on any atom is 0.389 e. The molecule has 2 radical (unpaired) electrons. The van der Waals surface area contributed by atoms with E-state index in [0.717, 1.165) is 57.9 Å². The highest BCUT2D eigenvalue weighted by Gasteiger charge is 2.55. The number of nitrogens with two attached hydrogens (primary N) is 2. The molecule has 4 N–H and O–H groups in total. The van der Waals surface area contributed by atoms with Crippen molar-refractivity contribution in [3.63, 3.8) is 0 Å². The van der Waals surface area contributed by atoms with Gasteiger partial charge >= 0.3 is 6.80 Å². The van der Waals surface area contributed by atoms with Crippen LogP contribution >= 0.6 is 25.7 Å². The Morgan fingerprint density at radius 2 is 1.36 bits per heavy atom. The fourth-order valence-corrected chi connectivity index (χ4v) is 14.7. The number of ether oxygens (including phenoxy) is 5. The van der Waals surface area contributed by atoms with E-state index in [2.05, 4.69) is 40.2 Å². The molecule has 12 rings (SSSR count). The summed E-state index contributed by atoms with van der Waals surface area (Å²) in [5.41, 5.74) is 18.3. The number of hydrogen-bond acceptors (Lipinski definition) is 23. The Bertz CT molecular complexity index is 3780. The summed E-state index contributed by atoms with van der Waals surface area (Å²) in [6.45, 7) is -1.73. The Labute approximate surface area is 483 Å². The van der Waals surface area contributed by atoms with Gasteiger partial charge < -0.3 is 49.1 Å². The zero-order chi connectivity index (χ0) is 58.1. The average molecular weight is 1210 g/mol. The van der Waals surface area contributed by atoms with Gasteiger partial charge in [-0.3, -0.25) is 27.5 Å². The van der Waals surface area contributed by atoms with E-state index in [0.29, 0.717) is 50.6 Å². The van der Waals surface area contributed by atoms with Crippen LogP contribution in [-0.2, 0) is 69.8 Å². The van der Waals surface area contributed by atoms with Gasteiger partial charge in [-0.15, -0.1) is 5.10 Å². The molecular formula is C52H55BF2N14O12P2S. The first-order valence-corrected chi connectivity index (χ1v) is 31.5. The molecule has 0 bridgehead atoms. The maximum absolute atomic E-state index is 17.0. The zero-order valence-electron chi connectivity index (χ0n) is 44.9. The largest absolute Gasteiger partial charge is 0.491 e. The summed E-state index contributed by atoms with van der Waals surface area (Å²) >= 11 is 0.719. The minimum atomic E-state index is -4.70. The monoisotopic (exact) mass is 1210 g/mol. The topological polar surface area (TPSA) is 307 Å². The molecule has 84 heavy (non-hydrogen) atoms. The Morgan fingerprint density at radius 3 is 2.04 bits per heavy atom. The third kappa shape index (κ3) is 11.8. The van der Waals surface area contributed by atoms with Crippen molar-refractivity contribution in [3.8, 4) is 28.3 Å². The minimum Gasteiger partial charge on any atom is -0.491 e. The number of nitrogen functional groups attached to an aromatic ring is 2. The van der Waals surface area contributed by atoms with Crippen molar-refractivity contribution in [3.05, 3.63) is 109 Å². The molecule has 0 saturated carbocycles. The van der Waals surface area contributed by atoms with E-state index >= 15 is 13.3 Å². The number of aromatic nitrogens is 11. The van der Waals surface area contributed by atoms with E-state index in [1.54, 1.807) is 24.3 Å². The summed E-state index contributed by atoms with van der Waals surface area (Å²) in [4.78, 5) is 40.0. The quantitative estimate of drug-likeness (QED) is 0.0520. The van der Waals surface area contributed by atoms with Crippen molar-refractivity contribution in [2.24, 2.45) is 0 Å². The third-order valence-electron chi connectivity index (χ3n) is 14.4. The van der Waals surface area contributed by atoms with Crippen molar-refractivity contribution in [2.45, 2.75) is 87.8 Å². The van der Waals surface area contributed by atoms with Gasteiger partial charge in [-0.05, 0) is 47.1 Å². The molecule has 3 aromatic carbocycles. The van der Waals surface area contributed by atoms with Crippen molar-refractivity contribution >= 4 is 78.8 Å². The lowest BCUT2D eigenvalue weighted by molar-refractivity contribution is -0.118. The molecule has 32 heteroatoms. The highest BCUT2D eigenvalue weighted by molar-refractivity contribution is 8.54. The van der Waals surface area contributed by atoms with Crippen LogP contribution in [0.25, 0.3) is 44.8 Å². The lowest BCUT2D eigenvalue weighted by Crippen LogP contribution is -2.37. The smallest absolute Gasteiger partial charge is 0.389 e. The van der Waals surface area contributed by atoms with Gasteiger partial charge in [0.05, 0.1) is 76.8 Å². The number of amides is 1. The van der Waals surface area contributed by atoms with E-state index in [4.69, 9.17) is 60.8 Å². The fraction of sp³-hybridized carbons (Fsp3) is 0.404. The SMILES string of the molecule is [B][P@]1(=O)OC[C@H]2O[C@@H](n3cnc4c(N)ncnc43)[C@H](F)[C@@H]2O[P@@](=O)(SCc2ccc(OCCOCCOCCn3nnc4c3-c3ccccc3N(C(=O)CCC)Cc3ccccc3-4)cc2)OC[C@H]2O[C@@H](n3cnc4c(N)ncnc43)[C@H](F)[C@@H]2O1. The van der Waals surface area contributed by atoms with Crippen LogP contribution in [0.5, 0.6) is 5.75 Å². The predicted molar refractivity (Wildman–Crippen MR) is 302 cm³/mol. The molecule has 0 aliphatic carbocycles. The number of carbonyl (C=O) groups excluding carboxylic acids is 1. The van der Waals surface area contributed by atoms with Crippen LogP contribution in [0.4, 0.5) is 26.1 Å². The summed E-state index contributed by atoms with van der Waals surface area (Å²) in [5, 5.41) is 9.16. The summed E-state index contributed by atoms with van der Waals surface area (Å²) in [6, 6.07) is 22.7. The summed E-state index contributed by atoms with van der Waals surface area (Å²) < 4.78 is 120. The van der Waals surface area contributed by atoms with E-state index in [-0.39, 0.29) is 58.8 Å². The summed E-state index contributed by atoms with van der Waals surface area (Å²) in [6.07, 6.45) is -7.69. The number of nitrogens with zero attached hydrogens (tertiary/aromatic N) is 12. The minimum absolute atomic E-state index is 0.00257. The number of imidazole rings is 2. The molecule has 8 aromatic rings. The molecule has 10 atom stereocenters. The standard InChI is InChI=1S/C52H55BF2N14O12P2S/c1-2-7-38(70)66-22-31-8-3-4-9-33(31)41-44(34-10-5-6-11-35(34)66)69(65-64-41)16-17-73-18-19-74-20-21-75-32-14-12-30(13-15-32)25-84-83(72)77-24-37-45(39(54)51(79-37)67-28-62-42-47(56)58-26-60-49(42)67)80-82(53,71)76-23-36-46(81-83)40(55)52(78-36)68-29-63-43-48(57)59-27-61-50(43)68/h3-6,8-15,26-29,36-37,39-40,45-46,51-52H,2,7,16-25H2,1H3,(H2,56,58,60)(H2,57,59,61)/t36-,37-,39-,40-,45-,46-,51-,52-,82+,83+/m1/s1. The Balaban J connectivity index is 0.672. The zero-order valence-corrected chi connectivity index (χ0v) is 47.5. The van der Waals surface area contributed by atoms with Crippen molar-refractivity contribution in [1.82, 2.24) is 54.0 Å². The van der Waals surface area contributed by atoms with Crippen molar-refractivity contribution < 1.29 is 64.5 Å². The molecular weight excluding hydrogens is 1160 g/mol. The predicted octanol–water partition coefficient (Wildman–Crippen LogP) is 7.12. The lowest BCUT2D eigenvalue weighted by atomic mass is 9.95. The molecule has 26 nitrogen and oxygen atoms in total. The van der Waals surface area contributed by atoms with Gasteiger partial charge in [0.25, 0.3) is 7.47 Å². The van der Waals surface area contributed by atoms with E-state index in [9.17, 15) is 9.36 Å². The fourth-order valence-electron chi connectivity index (χ4n) is 10.3. The molecule has 0 spiro atoms. The van der Waals surface area contributed by atoms with Crippen LogP contribution < -0.4 is 21.1 Å². The van der Waals surface area contributed by atoms with Gasteiger partial charge in [0.1, 0.15) is 66.2 Å². The maximum atomic E-state index is 17.0. The van der Waals surface area contributed by atoms with Gasteiger partial charge in [0, 0.05) is 23.3 Å². The van der Waals surface area contributed by atoms with Crippen LogP contribution in [0.15, 0.2) is 98.1 Å². The molecule has 3 fully saturated rings. The number of benzene rings is 3. The number of fused-ring (bicyclic) bond motifs is 9. The first kappa shape index (κ1) is 57.6. The van der Waals surface area contributed by atoms with Gasteiger partial charge in [-0.2, -0.15) is 0 Å². The molecule has 9 heterocycles. The van der Waals surface area contributed by atoms with Crippen molar-refractivity contribution in [1.29, 1.82) is 0 Å². The molecule has 5 aromatic heterocycles. The third-order valence-corrected chi connectivity index (χ3v) is 19.1. The Kier molecular flexibility index (Phi) is 16.9. The number of anilines is 3. The number of alkyl halides is 2. The first-order chi connectivity index (χ1) is 40.8. The normalized spacial score (nSPS) is 26.1. The van der Waals surface area contributed by atoms with Crippen LogP contribution in [0.3, 0.4) is 0 Å².